The van der Waals surface area contributed by atoms with E-state index in [1.165, 1.54) is 0 Å². The van der Waals surface area contributed by atoms with Gasteiger partial charge in [-0.25, -0.2) is 4.79 Å². The van der Waals surface area contributed by atoms with E-state index in [1.54, 1.807) is 43.3 Å². The van der Waals surface area contributed by atoms with Gasteiger partial charge in [0.25, 0.3) is 0 Å². The highest BCUT2D eigenvalue weighted by atomic mass is 16.3. The minimum absolute atomic E-state index is 0.197. The third kappa shape index (κ3) is 4.35. The molecule has 0 saturated carbocycles. The smallest absolute Gasteiger partial charge is 0.319 e. The molecule has 6 nitrogen and oxygen atoms in total. The van der Waals surface area contributed by atoms with E-state index < -0.39 is 12.1 Å². The van der Waals surface area contributed by atoms with Gasteiger partial charge in [-0.1, -0.05) is 18.2 Å². The number of nitrogens with zero attached hydrogens (tertiary/aromatic N) is 1. The Labute approximate surface area is 135 Å². The van der Waals surface area contributed by atoms with Crippen molar-refractivity contribution in [3.05, 3.63) is 54.5 Å². The highest BCUT2D eigenvalue weighted by molar-refractivity contribution is 5.93. The van der Waals surface area contributed by atoms with Crippen molar-refractivity contribution >= 4 is 17.6 Å². The molecule has 2 N–H and O–H groups in total. The molecule has 0 saturated heterocycles. The summed E-state index contributed by atoms with van der Waals surface area (Å²) in [7, 11) is 1.68. The van der Waals surface area contributed by atoms with E-state index in [2.05, 4.69) is 10.6 Å². The molecule has 2 aromatic rings. The maximum Gasteiger partial charge on any atom is 0.319 e. The van der Waals surface area contributed by atoms with Gasteiger partial charge < -0.3 is 20.0 Å². The zero-order chi connectivity index (χ0) is 16.8. The fourth-order valence-electron chi connectivity index (χ4n) is 2.16. The first-order chi connectivity index (χ1) is 11.0. The van der Waals surface area contributed by atoms with Crippen molar-refractivity contribution in [3.8, 4) is 0 Å². The molecule has 0 aliphatic rings. The number of urea groups is 1. The summed E-state index contributed by atoms with van der Waals surface area (Å²) in [6.07, 6.45) is 1.57. The van der Waals surface area contributed by atoms with E-state index in [1.807, 2.05) is 31.2 Å². The van der Waals surface area contributed by atoms with Crippen LogP contribution in [0.2, 0.25) is 0 Å². The van der Waals surface area contributed by atoms with E-state index in [9.17, 15) is 9.59 Å². The zero-order valence-corrected chi connectivity index (χ0v) is 13.4. The van der Waals surface area contributed by atoms with Crippen molar-refractivity contribution in [1.29, 1.82) is 0 Å². The first-order valence-corrected chi connectivity index (χ1v) is 7.41. The SMILES string of the molecule is C[C@@H](NC(=O)Nc1ccccc1)C(=O)N(C)[C@@H](C)c1ccco1. The largest absolute Gasteiger partial charge is 0.467 e. The molecule has 0 spiro atoms. The molecule has 0 fully saturated rings. The van der Waals surface area contributed by atoms with Crippen LogP contribution in [0.5, 0.6) is 0 Å². The Balaban J connectivity index is 1.90. The molecular weight excluding hydrogens is 294 g/mol. The van der Waals surface area contributed by atoms with E-state index >= 15 is 0 Å². The second-order valence-corrected chi connectivity index (χ2v) is 5.33. The molecule has 23 heavy (non-hydrogen) atoms. The van der Waals surface area contributed by atoms with Crippen molar-refractivity contribution < 1.29 is 14.0 Å². The lowest BCUT2D eigenvalue weighted by Gasteiger charge is -2.26. The highest BCUT2D eigenvalue weighted by Crippen LogP contribution is 2.19. The van der Waals surface area contributed by atoms with Gasteiger partial charge in [0.05, 0.1) is 12.3 Å². The Morgan fingerprint density at radius 2 is 1.78 bits per heavy atom. The second-order valence-electron chi connectivity index (χ2n) is 5.33. The van der Waals surface area contributed by atoms with E-state index in [0.29, 0.717) is 11.4 Å². The van der Waals surface area contributed by atoms with Crippen molar-refractivity contribution in [2.45, 2.75) is 25.9 Å². The Hall–Kier alpha value is -2.76. The molecular formula is C17H21N3O3. The van der Waals surface area contributed by atoms with E-state index in [0.717, 1.165) is 0 Å². The molecule has 2 atom stereocenters. The van der Waals surface area contributed by atoms with Gasteiger partial charge in [0.1, 0.15) is 11.8 Å². The Morgan fingerprint density at radius 3 is 2.39 bits per heavy atom. The van der Waals surface area contributed by atoms with Gasteiger partial charge in [0.15, 0.2) is 0 Å². The lowest BCUT2D eigenvalue weighted by atomic mass is 10.2. The van der Waals surface area contributed by atoms with Crippen LogP contribution >= 0.6 is 0 Å². The molecule has 6 heteroatoms. The number of para-hydroxylation sites is 1. The number of hydrogen-bond acceptors (Lipinski definition) is 3. The summed E-state index contributed by atoms with van der Waals surface area (Å²) in [6.45, 7) is 3.52. The summed E-state index contributed by atoms with van der Waals surface area (Å²) in [5.41, 5.74) is 0.668. The summed E-state index contributed by atoms with van der Waals surface area (Å²) in [5.74, 6) is 0.499. The molecule has 0 bridgehead atoms. The van der Waals surface area contributed by atoms with Crippen LogP contribution in [0.1, 0.15) is 25.6 Å². The monoisotopic (exact) mass is 315 g/mol. The quantitative estimate of drug-likeness (QED) is 0.890. The Kier molecular flexibility index (Phi) is 5.41. The third-order valence-electron chi connectivity index (χ3n) is 3.63. The lowest BCUT2D eigenvalue weighted by molar-refractivity contribution is -0.133. The first kappa shape index (κ1) is 16.6. The van der Waals surface area contributed by atoms with Crippen molar-refractivity contribution in [2.24, 2.45) is 0 Å². The number of nitrogens with one attached hydrogen (secondary N) is 2. The molecule has 0 unspecified atom stereocenters. The van der Waals surface area contributed by atoms with Crippen LogP contribution in [0.15, 0.2) is 53.1 Å². The Morgan fingerprint density at radius 1 is 1.09 bits per heavy atom. The number of carbonyl (C=O) groups excluding carboxylic acids is 2. The summed E-state index contributed by atoms with van der Waals surface area (Å²) in [5, 5.41) is 5.32. The fourth-order valence-corrected chi connectivity index (χ4v) is 2.16. The first-order valence-electron chi connectivity index (χ1n) is 7.41. The standard InChI is InChI=1S/C17H21N3O3/c1-12(18-17(22)19-14-8-5-4-6-9-14)16(21)20(3)13(2)15-10-7-11-23-15/h4-13H,1-3H3,(H2,18,19,22)/t12-,13+/m1/s1. The average molecular weight is 315 g/mol. The van der Waals surface area contributed by atoms with Gasteiger partial charge >= 0.3 is 6.03 Å². The number of likely N-dealkylation sites (N-methyl/N-ethyl adjacent to an activating group) is 1. The van der Waals surface area contributed by atoms with Crippen molar-refractivity contribution in [3.63, 3.8) is 0 Å². The van der Waals surface area contributed by atoms with Crippen LogP contribution in [-0.4, -0.2) is 29.9 Å². The number of anilines is 1. The Bertz CT molecular complexity index is 640. The second kappa shape index (κ2) is 7.49. The van der Waals surface area contributed by atoms with Gasteiger partial charge in [0.2, 0.25) is 5.91 Å². The molecule has 0 aliphatic carbocycles. The molecule has 0 aliphatic heterocycles. The minimum atomic E-state index is -0.652. The van der Waals surface area contributed by atoms with Crippen molar-refractivity contribution in [2.75, 3.05) is 12.4 Å². The third-order valence-corrected chi connectivity index (χ3v) is 3.63. The number of hydrogen-bond donors (Lipinski definition) is 2. The molecule has 122 valence electrons. The van der Waals surface area contributed by atoms with Crippen LogP contribution in [0.4, 0.5) is 10.5 Å². The topological polar surface area (TPSA) is 74.6 Å². The van der Waals surface area contributed by atoms with Crippen molar-refractivity contribution in [1.82, 2.24) is 10.2 Å². The highest BCUT2D eigenvalue weighted by Gasteiger charge is 2.25. The summed E-state index contributed by atoms with van der Waals surface area (Å²) >= 11 is 0. The van der Waals surface area contributed by atoms with Crippen LogP contribution in [0.3, 0.4) is 0 Å². The normalized spacial score (nSPS) is 13.0. The molecule has 1 aromatic heterocycles. The molecule has 1 heterocycles. The van der Waals surface area contributed by atoms with Crippen LogP contribution in [-0.2, 0) is 4.79 Å². The van der Waals surface area contributed by atoms with Gasteiger partial charge in [-0.05, 0) is 38.1 Å². The fraction of sp³-hybridized carbons (Fsp3) is 0.294. The van der Waals surface area contributed by atoms with Crippen LogP contribution < -0.4 is 10.6 Å². The molecule has 2 rings (SSSR count). The lowest BCUT2D eigenvalue weighted by Crippen LogP contribution is -2.47. The maximum atomic E-state index is 12.4. The predicted octanol–water partition coefficient (Wildman–Crippen LogP) is 3.01. The zero-order valence-electron chi connectivity index (χ0n) is 13.4. The van der Waals surface area contributed by atoms with Gasteiger partial charge in [-0.3, -0.25) is 4.79 Å². The number of carbonyl (C=O) groups is 2. The van der Waals surface area contributed by atoms with Crippen LogP contribution in [0, 0.1) is 0 Å². The predicted molar refractivity (Wildman–Crippen MR) is 88.0 cm³/mol. The minimum Gasteiger partial charge on any atom is -0.467 e. The number of benzene rings is 1. The molecule has 1 aromatic carbocycles. The average Bonchev–Trinajstić information content (AvgIpc) is 3.07. The summed E-state index contributed by atoms with van der Waals surface area (Å²) in [6, 6.07) is 11.4. The van der Waals surface area contributed by atoms with E-state index in [-0.39, 0.29) is 11.9 Å². The van der Waals surface area contributed by atoms with E-state index in [4.69, 9.17) is 4.42 Å². The molecule has 0 radical (unpaired) electrons. The van der Waals surface area contributed by atoms with Crippen LogP contribution in [0.25, 0.3) is 0 Å². The summed E-state index contributed by atoms with van der Waals surface area (Å²) in [4.78, 5) is 25.9. The number of rotatable bonds is 5. The number of amides is 3. The maximum absolute atomic E-state index is 12.4. The van der Waals surface area contributed by atoms with Gasteiger partial charge in [-0.2, -0.15) is 0 Å². The summed E-state index contributed by atoms with van der Waals surface area (Å²) < 4.78 is 5.31. The van der Waals surface area contributed by atoms with Gasteiger partial charge in [-0.15, -0.1) is 0 Å². The molecule has 3 amide bonds. The number of furan rings is 1. The van der Waals surface area contributed by atoms with Gasteiger partial charge in [0, 0.05) is 12.7 Å².